The van der Waals surface area contributed by atoms with Crippen LogP contribution in [-0.4, -0.2) is 41.6 Å². The summed E-state index contributed by atoms with van der Waals surface area (Å²) >= 11 is 0. The van der Waals surface area contributed by atoms with Gasteiger partial charge in [-0.15, -0.1) is 0 Å². The van der Waals surface area contributed by atoms with Gasteiger partial charge in [0.25, 0.3) is 5.91 Å². The van der Waals surface area contributed by atoms with Crippen molar-refractivity contribution in [2.45, 2.75) is 26.1 Å². The molecule has 1 N–H and O–H groups in total. The van der Waals surface area contributed by atoms with Gasteiger partial charge >= 0.3 is 0 Å². The highest BCUT2D eigenvalue weighted by Crippen LogP contribution is 2.16. The van der Waals surface area contributed by atoms with Crippen LogP contribution in [-0.2, 0) is 19.7 Å². The van der Waals surface area contributed by atoms with E-state index in [0.29, 0.717) is 24.5 Å². The van der Waals surface area contributed by atoms with E-state index in [0.717, 1.165) is 24.3 Å². The van der Waals surface area contributed by atoms with E-state index in [9.17, 15) is 9.90 Å². The first-order valence-corrected chi connectivity index (χ1v) is 7.64. The van der Waals surface area contributed by atoms with Gasteiger partial charge in [-0.3, -0.25) is 9.48 Å². The van der Waals surface area contributed by atoms with Gasteiger partial charge in [0.1, 0.15) is 11.3 Å². The molecule has 0 atom stereocenters. The third-order valence-corrected chi connectivity index (χ3v) is 4.10. The van der Waals surface area contributed by atoms with Crippen molar-refractivity contribution in [3.63, 3.8) is 0 Å². The second-order valence-corrected chi connectivity index (χ2v) is 5.68. The fourth-order valence-electron chi connectivity index (χ4n) is 2.97. The third kappa shape index (κ3) is 2.49. The highest BCUT2D eigenvalue weighted by molar-refractivity contribution is 5.92. The average Bonchev–Trinajstić information content (AvgIpc) is 3.12. The number of aliphatic hydroxyl groups is 1. The quantitative estimate of drug-likeness (QED) is 0.768. The molecule has 0 unspecified atom stereocenters. The van der Waals surface area contributed by atoms with Crippen LogP contribution < -0.4 is 0 Å². The Kier molecular flexibility index (Phi) is 3.34. The van der Waals surface area contributed by atoms with Gasteiger partial charge in [-0.1, -0.05) is 6.07 Å². The van der Waals surface area contributed by atoms with Crippen LogP contribution in [0.25, 0.3) is 5.65 Å². The largest absolute Gasteiger partial charge is 0.390 e. The molecule has 0 saturated carbocycles. The molecule has 0 aromatic carbocycles. The zero-order chi connectivity index (χ0) is 15.8. The van der Waals surface area contributed by atoms with Crippen LogP contribution in [0, 0.1) is 0 Å². The van der Waals surface area contributed by atoms with Gasteiger partial charge in [0.2, 0.25) is 0 Å². The number of imidazole rings is 1. The molecule has 1 aliphatic heterocycles. The van der Waals surface area contributed by atoms with Gasteiger partial charge in [0, 0.05) is 25.5 Å². The Morgan fingerprint density at radius 2 is 2.22 bits per heavy atom. The number of pyridine rings is 1. The SMILES string of the molecule is O=C(c1cn2ccccc2n1)N1CCCn2nc(CO)cc2C1. The number of hydrogen-bond donors (Lipinski definition) is 1. The lowest BCUT2D eigenvalue weighted by Crippen LogP contribution is -2.31. The Hall–Kier alpha value is -2.67. The molecule has 4 heterocycles. The van der Waals surface area contributed by atoms with E-state index in [-0.39, 0.29) is 12.5 Å². The third-order valence-electron chi connectivity index (χ3n) is 4.10. The molecule has 7 nitrogen and oxygen atoms in total. The van der Waals surface area contributed by atoms with Crippen LogP contribution in [0.15, 0.2) is 36.7 Å². The van der Waals surface area contributed by atoms with Gasteiger partial charge in [-0.2, -0.15) is 5.10 Å². The van der Waals surface area contributed by atoms with E-state index in [2.05, 4.69) is 10.1 Å². The van der Waals surface area contributed by atoms with Crippen molar-refractivity contribution in [2.75, 3.05) is 6.54 Å². The lowest BCUT2D eigenvalue weighted by atomic mass is 10.3. The Morgan fingerprint density at radius 1 is 1.30 bits per heavy atom. The molecular weight excluding hydrogens is 294 g/mol. The number of nitrogens with zero attached hydrogens (tertiary/aromatic N) is 5. The molecular formula is C16H17N5O2. The highest BCUT2D eigenvalue weighted by Gasteiger charge is 2.23. The molecule has 1 amide bonds. The van der Waals surface area contributed by atoms with Crippen molar-refractivity contribution in [2.24, 2.45) is 0 Å². The second kappa shape index (κ2) is 5.51. The van der Waals surface area contributed by atoms with Crippen molar-refractivity contribution >= 4 is 11.6 Å². The smallest absolute Gasteiger partial charge is 0.274 e. The predicted molar refractivity (Wildman–Crippen MR) is 82.7 cm³/mol. The van der Waals surface area contributed by atoms with E-state index in [1.165, 1.54) is 0 Å². The van der Waals surface area contributed by atoms with Crippen LogP contribution in [0.1, 0.15) is 28.3 Å². The Bertz CT molecular complexity index is 833. The monoisotopic (exact) mass is 311 g/mol. The molecule has 7 heteroatoms. The summed E-state index contributed by atoms with van der Waals surface area (Å²) < 4.78 is 3.72. The molecule has 23 heavy (non-hydrogen) atoms. The van der Waals surface area contributed by atoms with Crippen molar-refractivity contribution in [1.29, 1.82) is 0 Å². The number of amides is 1. The molecule has 0 saturated heterocycles. The summed E-state index contributed by atoms with van der Waals surface area (Å²) in [6, 6.07) is 7.54. The summed E-state index contributed by atoms with van der Waals surface area (Å²) in [4.78, 5) is 19.0. The fourth-order valence-corrected chi connectivity index (χ4v) is 2.97. The van der Waals surface area contributed by atoms with Crippen LogP contribution in [0.3, 0.4) is 0 Å². The molecule has 4 rings (SSSR count). The average molecular weight is 311 g/mol. The molecule has 118 valence electrons. The highest BCUT2D eigenvalue weighted by atomic mass is 16.3. The number of aryl methyl sites for hydroxylation is 1. The molecule has 3 aromatic rings. The Balaban J connectivity index is 1.62. The maximum atomic E-state index is 12.8. The lowest BCUT2D eigenvalue weighted by molar-refractivity contribution is 0.0740. The summed E-state index contributed by atoms with van der Waals surface area (Å²) in [7, 11) is 0. The van der Waals surface area contributed by atoms with Crippen molar-refractivity contribution in [3.8, 4) is 0 Å². The van der Waals surface area contributed by atoms with Gasteiger partial charge in [-0.05, 0) is 24.6 Å². The number of aliphatic hydroxyl groups excluding tert-OH is 1. The molecule has 3 aromatic heterocycles. The Labute approximate surface area is 132 Å². The summed E-state index contributed by atoms with van der Waals surface area (Å²) in [5.74, 6) is -0.0751. The van der Waals surface area contributed by atoms with E-state index in [1.807, 2.05) is 39.5 Å². The number of rotatable bonds is 2. The van der Waals surface area contributed by atoms with E-state index < -0.39 is 0 Å². The summed E-state index contributed by atoms with van der Waals surface area (Å²) in [5, 5.41) is 13.6. The van der Waals surface area contributed by atoms with Gasteiger partial charge < -0.3 is 14.4 Å². The van der Waals surface area contributed by atoms with Crippen LogP contribution in [0.5, 0.6) is 0 Å². The minimum absolute atomic E-state index is 0.0751. The number of hydrogen-bond acceptors (Lipinski definition) is 4. The zero-order valence-electron chi connectivity index (χ0n) is 12.6. The van der Waals surface area contributed by atoms with Crippen molar-refractivity contribution in [1.82, 2.24) is 24.1 Å². The Morgan fingerprint density at radius 3 is 3.04 bits per heavy atom. The van der Waals surface area contributed by atoms with Crippen LogP contribution >= 0.6 is 0 Å². The first kappa shape index (κ1) is 14.0. The summed E-state index contributed by atoms with van der Waals surface area (Å²) in [6.45, 7) is 1.83. The van der Waals surface area contributed by atoms with Gasteiger partial charge in [0.15, 0.2) is 0 Å². The van der Waals surface area contributed by atoms with Crippen molar-refractivity contribution < 1.29 is 9.90 Å². The molecule has 0 aliphatic carbocycles. The van der Waals surface area contributed by atoms with Gasteiger partial charge in [-0.25, -0.2) is 4.98 Å². The topological polar surface area (TPSA) is 75.7 Å². The van der Waals surface area contributed by atoms with Crippen LogP contribution in [0.4, 0.5) is 0 Å². The standard InChI is InChI=1S/C16H17N5O2/c22-11-12-8-13-9-20(6-3-7-21(13)18-12)16(23)14-10-19-5-2-1-4-15(19)17-14/h1-2,4-5,8,10,22H,3,6-7,9,11H2. The molecule has 0 radical (unpaired) electrons. The molecule has 1 aliphatic rings. The number of carbonyl (C=O) groups is 1. The van der Waals surface area contributed by atoms with Crippen molar-refractivity contribution in [3.05, 3.63) is 53.7 Å². The fraction of sp³-hybridized carbons (Fsp3) is 0.312. The molecule has 0 spiro atoms. The molecule has 0 bridgehead atoms. The summed E-state index contributed by atoms with van der Waals surface area (Å²) in [5.41, 5.74) is 2.80. The number of carbonyl (C=O) groups excluding carboxylic acids is 1. The maximum absolute atomic E-state index is 12.8. The maximum Gasteiger partial charge on any atom is 0.274 e. The van der Waals surface area contributed by atoms with E-state index in [1.54, 1.807) is 11.1 Å². The first-order chi connectivity index (χ1) is 11.2. The minimum Gasteiger partial charge on any atom is -0.390 e. The van der Waals surface area contributed by atoms with E-state index >= 15 is 0 Å². The van der Waals surface area contributed by atoms with Crippen LogP contribution in [0.2, 0.25) is 0 Å². The number of fused-ring (bicyclic) bond motifs is 2. The second-order valence-electron chi connectivity index (χ2n) is 5.68. The minimum atomic E-state index is -0.0830. The van der Waals surface area contributed by atoms with Gasteiger partial charge in [0.05, 0.1) is 24.5 Å². The predicted octanol–water partition coefficient (Wildman–Crippen LogP) is 1.07. The van der Waals surface area contributed by atoms with E-state index in [4.69, 9.17) is 0 Å². The lowest BCUT2D eigenvalue weighted by Gasteiger charge is -2.18. The normalized spacial score (nSPS) is 14.7. The number of aromatic nitrogens is 4. The first-order valence-electron chi connectivity index (χ1n) is 7.64. The summed E-state index contributed by atoms with van der Waals surface area (Å²) in [6.07, 6.45) is 4.47. The zero-order valence-corrected chi connectivity index (χ0v) is 12.6. The molecule has 0 fully saturated rings.